The number of imidazole rings is 1. The van der Waals surface area contributed by atoms with Gasteiger partial charge in [-0.25, -0.2) is 4.98 Å². The van der Waals surface area contributed by atoms with E-state index < -0.39 is 0 Å². The van der Waals surface area contributed by atoms with Gasteiger partial charge >= 0.3 is 0 Å². The van der Waals surface area contributed by atoms with Gasteiger partial charge in [-0.05, 0) is 19.4 Å². The van der Waals surface area contributed by atoms with Crippen molar-refractivity contribution in [2.45, 2.75) is 20.0 Å². The van der Waals surface area contributed by atoms with Gasteiger partial charge in [0.25, 0.3) is 0 Å². The summed E-state index contributed by atoms with van der Waals surface area (Å²) in [5.74, 6) is 0. The van der Waals surface area contributed by atoms with Crippen LogP contribution < -0.4 is 0 Å². The molecular formula is C13H16N2O. The minimum atomic E-state index is -0.0481. The van der Waals surface area contributed by atoms with E-state index in [4.69, 9.17) is 4.74 Å². The van der Waals surface area contributed by atoms with Crippen LogP contribution in [0.5, 0.6) is 0 Å². The molecule has 1 heterocycles. The van der Waals surface area contributed by atoms with E-state index >= 15 is 0 Å². The highest BCUT2D eigenvalue weighted by Crippen LogP contribution is 2.24. The lowest BCUT2D eigenvalue weighted by molar-refractivity contribution is 0.0887. The molecule has 1 aromatic heterocycles. The standard InChI is InChI=1S/C13H16N2O/c1-3-16-13(12-8-14-9-15-12)11-6-4-10(2)5-7-11/h4-9,13H,3H2,1-2H3,(H,14,15). The van der Waals surface area contributed by atoms with E-state index in [2.05, 4.69) is 41.2 Å². The third kappa shape index (κ3) is 2.31. The van der Waals surface area contributed by atoms with Gasteiger partial charge in [-0.15, -0.1) is 0 Å². The maximum atomic E-state index is 5.74. The van der Waals surface area contributed by atoms with Crippen molar-refractivity contribution in [3.05, 3.63) is 53.6 Å². The van der Waals surface area contributed by atoms with Crippen LogP contribution in [0.3, 0.4) is 0 Å². The quantitative estimate of drug-likeness (QED) is 0.853. The third-order valence-corrected chi connectivity index (χ3v) is 2.52. The second kappa shape index (κ2) is 4.94. The lowest BCUT2D eigenvalue weighted by Gasteiger charge is -2.15. The smallest absolute Gasteiger partial charge is 0.124 e. The number of aryl methyl sites for hydroxylation is 1. The lowest BCUT2D eigenvalue weighted by Crippen LogP contribution is -2.06. The van der Waals surface area contributed by atoms with E-state index in [1.54, 1.807) is 12.5 Å². The van der Waals surface area contributed by atoms with Gasteiger partial charge in [0, 0.05) is 6.61 Å². The molecule has 0 aliphatic carbocycles. The first-order valence-corrected chi connectivity index (χ1v) is 5.47. The Hall–Kier alpha value is -1.61. The second-order valence-corrected chi connectivity index (χ2v) is 3.75. The number of aromatic nitrogens is 2. The normalized spacial score (nSPS) is 12.6. The van der Waals surface area contributed by atoms with Gasteiger partial charge in [-0.2, -0.15) is 0 Å². The summed E-state index contributed by atoms with van der Waals surface area (Å²) in [7, 11) is 0. The first-order valence-electron chi connectivity index (χ1n) is 5.47. The Balaban J connectivity index is 2.29. The van der Waals surface area contributed by atoms with E-state index in [1.165, 1.54) is 5.56 Å². The number of hydrogen-bond donors (Lipinski definition) is 1. The van der Waals surface area contributed by atoms with Gasteiger partial charge in [-0.1, -0.05) is 29.8 Å². The van der Waals surface area contributed by atoms with Crippen LogP contribution in [0.2, 0.25) is 0 Å². The fourth-order valence-electron chi connectivity index (χ4n) is 1.68. The molecule has 0 aliphatic heterocycles. The second-order valence-electron chi connectivity index (χ2n) is 3.75. The minimum absolute atomic E-state index is 0.0481. The molecule has 2 aromatic rings. The van der Waals surface area contributed by atoms with Crippen molar-refractivity contribution in [1.29, 1.82) is 0 Å². The van der Waals surface area contributed by atoms with Gasteiger partial charge in [0.05, 0.1) is 18.2 Å². The third-order valence-electron chi connectivity index (χ3n) is 2.52. The summed E-state index contributed by atoms with van der Waals surface area (Å²) in [4.78, 5) is 7.13. The summed E-state index contributed by atoms with van der Waals surface area (Å²) in [6.07, 6.45) is 3.43. The molecule has 0 saturated carbocycles. The molecule has 84 valence electrons. The van der Waals surface area contributed by atoms with E-state index in [-0.39, 0.29) is 6.10 Å². The van der Waals surface area contributed by atoms with Crippen LogP contribution in [0.15, 0.2) is 36.8 Å². The zero-order chi connectivity index (χ0) is 11.4. The molecule has 0 spiro atoms. The molecule has 3 heteroatoms. The van der Waals surface area contributed by atoms with E-state index in [0.717, 1.165) is 11.3 Å². The van der Waals surface area contributed by atoms with Crippen LogP contribution in [0, 0.1) is 6.92 Å². The summed E-state index contributed by atoms with van der Waals surface area (Å²) >= 11 is 0. The van der Waals surface area contributed by atoms with Crippen LogP contribution in [-0.4, -0.2) is 16.6 Å². The molecule has 0 amide bonds. The molecule has 1 atom stereocenters. The van der Waals surface area contributed by atoms with Gasteiger partial charge in [-0.3, -0.25) is 0 Å². The van der Waals surface area contributed by atoms with Crippen molar-refractivity contribution in [2.24, 2.45) is 0 Å². The number of benzene rings is 1. The maximum absolute atomic E-state index is 5.74. The van der Waals surface area contributed by atoms with Crippen LogP contribution in [0.4, 0.5) is 0 Å². The number of H-pyrrole nitrogens is 1. The number of aromatic amines is 1. The number of rotatable bonds is 4. The largest absolute Gasteiger partial charge is 0.367 e. The van der Waals surface area contributed by atoms with Crippen molar-refractivity contribution in [2.75, 3.05) is 6.61 Å². The molecule has 16 heavy (non-hydrogen) atoms. The molecule has 1 unspecified atom stereocenters. The molecule has 0 aliphatic rings. The fourth-order valence-corrected chi connectivity index (χ4v) is 1.68. The highest BCUT2D eigenvalue weighted by molar-refractivity contribution is 5.28. The zero-order valence-corrected chi connectivity index (χ0v) is 9.60. The van der Waals surface area contributed by atoms with Crippen LogP contribution >= 0.6 is 0 Å². The summed E-state index contributed by atoms with van der Waals surface area (Å²) in [5, 5.41) is 0. The first kappa shape index (κ1) is 10.9. The average Bonchev–Trinajstić information content (AvgIpc) is 2.81. The Morgan fingerprint density at radius 3 is 2.62 bits per heavy atom. The highest BCUT2D eigenvalue weighted by atomic mass is 16.5. The topological polar surface area (TPSA) is 37.9 Å². The van der Waals surface area contributed by atoms with Crippen LogP contribution in [-0.2, 0) is 4.74 Å². The monoisotopic (exact) mass is 216 g/mol. The van der Waals surface area contributed by atoms with Gasteiger partial charge in [0.1, 0.15) is 6.10 Å². The van der Waals surface area contributed by atoms with Gasteiger partial charge in [0.15, 0.2) is 0 Å². The Labute approximate surface area is 95.5 Å². The van der Waals surface area contributed by atoms with Crippen molar-refractivity contribution in [3.63, 3.8) is 0 Å². The minimum Gasteiger partial charge on any atom is -0.367 e. The van der Waals surface area contributed by atoms with Crippen LogP contribution in [0.25, 0.3) is 0 Å². The molecule has 1 aromatic carbocycles. The van der Waals surface area contributed by atoms with Crippen molar-refractivity contribution >= 4 is 0 Å². The first-order chi connectivity index (χ1) is 7.81. The Kier molecular flexibility index (Phi) is 3.37. The number of ether oxygens (including phenoxy) is 1. The average molecular weight is 216 g/mol. The molecule has 0 fully saturated rings. The maximum Gasteiger partial charge on any atom is 0.124 e. The lowest BCUT2D eigenvalue weighted by atomic mass is 10.1. The highest BCUT2D eigenvalue weighted by Gasteiger charge is 2.14. The molecule has 1 N–H and O–H groups in total. The zero-order valence-electron chi connectivity index (χ0n) is 9.60. The SMILES string of the molecule is CCOC(c1ccc(C)cc1)c1cnc[nH]1. The predicted octanol–water partition coefficient (Wildman–Crippen LogP) is 2.84. The summed E-state index contributed by atoms with van der Waals surface area (Å²) in [6, 6.07) is 8.38. The molecule has 0 radical (unpaired) electrons. The summed E-state index contributed by atoms with van der Waals surface area (Å²) < 4.78 is 5.74. The van der Waals surface area contributed by atoms with Gasteiger partial charge in [0.2, 0.25) is 0 Å². The number of nitrogens with zero attached hydrogens (tertiary/aromatic N) is 1. The van der Waals surface area contributed by atoms with Crippen molar-refractivity contribution < 1.29 is 4.74 Å². The Morgan fingerprint density at radius 1 is 1.31 bits per heavy atom. The van der Waals surface area contributed by atoms with Crippen molar-refractivity contribution in [1.82, 2.24) is 9.97 Å². The van der Waals surface area contributed by atoms with E-state index in [1.807, 2.05) is 6.92 Å². The van der Waals surface area contributed by atoms with E-state index in [9.17, 15) is 0 Å². The molecule has 0 saturated heterocycles. The van der Waals surface area contributed by atoms with E-state index in [0.29, 0.717) is 6.61 Å². The number of nitrogens with one attached hydrogen (secondary N) is 1. The fraction of sp³-hybridized carbons (Fsp3) is 0.308. The molecule has 0 bridgehead atoms. The van der Waals surface area contributed by atoms with Crippen molar-refractivity contribution in [3.8, 4) is 0 Å². The predicted molar refractivity (Wildman–Crippen MR) is 63.2 cm³/mol. The Bertz CT molecular complexity index is 420. The molecule has 2 rings (SSSR count). The molecule has 3 nitrogen and oxygen atoms in total. The summed E-state index contributed by atoms with van der Waals surface area (Å²) in [6.45, 7) is 4.75. The van der Waals surface area contributed by atoms with Gasteiger partial charge < -0.3 is 9.72 Å². The van der Waals surface area contributed by atoms with Crippen LogP contribution in [0.1, 0.15) is 29.8 Å². The summed E-state index contributed by atoms with van der Waals surface area (Å²) in [5.41, 5.74) is 3.39. The number of hydrogen-bond acceptors (Lipinski definition) is 2. The molecular weight excluding hydrogens is 200 g/mol. The Morgan fingerprint density at radius 2 is 2.06 bits per heavy atom.